The van der Waals surface area contributed by atoms with Gasteiger partial charge in [0.15, 0.2) is 0 Å². The molecule has 0 bridgehead atoms. The van der Waals surface area contributed by atoms with Crippen LogP contribution in [0.25, 0.3) is 0 Å². The summed E-state index contributed by atoms with van der Waals surface area (Å²) < 4.78 is 0. The fraction of sp³-hybridized carbons (Fsp3) is 0.538. The summed E-state index contributed by atoms with van der Waals surface area (Å²) in [6, 6.07) is 7.33. The Morgan fingerprint density at radius 2 is 2.13 bits per heavy atom. The molecule has 2 rings (SSSR count). The number of hydrogen-bond donors (Lipinski definition) is 2. The lowest BCUT2D eigenvalue weighted by Gasteiger charge is -2.27. The summed E-state index contributed by atoms with van der Waals surface area (Å²) in [5.74, 6) is 0.966. The standard InChI is InChI=1S/C13H18O2/c1-13(9-14,11-5-6-11)8-10-3-2-4-12(15)7-10/h2-4,7,11,14-15H,5-6,8-9H2,1H3. The molecule has 0 aliphatic heterocycles. The average molecular weight is 206 g/mol. The number of phenols is 1. The maximum atomic E-state index is 9.46. The van der Waals surface area contributed by atoms with Crippen molar-refractivity contribution >= 4 is 0 Å². The minimum atomic E-state index is -0.00616. The van der Waals surface area contributed by atoms with Gasteiger partial charge in [-0.3, -0.25) is 0 Å². The molecule has 1 saturated carbocycles. The summed E-state index contributed by atoms with van der Waals surface area (Å²) >= 11 is 0. The lowest BCUT2D eigenvalue weighted by molar-refractivity contribution is 0.119. The van der Waals surface area contributed by atoms with Gasteiger partial charge >= 0.3 is 0 Å². The molecule has 1 aliphatic carbocycles. The molecule has 15 heavy (non-hydrogen) atoms. The Labute approximate surface area is 90.6 Å². The highest BCUT2D eigenvalue weighted by atomic mass is 16.3. The van der Waals surface area contributed by atoms with E-state index >= 15 is 0 Å². The van der Waals surface area contributed by atoms with Crippen molar-refractivity contribution in [3.05, 3.63) is 29.8 Å². The van der Waals surface area contributed by atoms with Crippen molar-refractivity contribution in [2.75, 3.05) is 6.61 Å². The molecule has 2 heteroatoms. The largest absolute Gasteiger partial charge is 0.508 e. The van der Waals surface area contributed by atoms with Crippen molar-refractivity contribution in [1.29, 1.82) is 0 Å². The van der Waals surface area contributed by atoms with E-state index in [0.717, 1.165) is 12.0 Å². The van der Waals surface area contributed by atoms with Gasteiger partial charge in [0.05, 0.1) is 0 Å². The zero-order valence-corrected chi connectivity index (χ0v) is 9.11. The Balaban J connectivity index is 2.12. The first-order valence-corrected chi connectivity index (χ1v) is 5.53. The predicted octanol–water partition coefficient (Wildman–Crippen LogP) is 2.34. The number of hydrogen-bond acceptors (Lipinski definition) is 2. The van der Waals surface area contributed by atoms with E-state index < -0.39 is 0 Å². The fourth-order valence-electron chi connectivity index (χ4n) is 2.24. The molecule has 0 aromatic heterocycles. The second-order valence-corrected chi connectivity index (χ2v) is 4.93. The van der Waals surface area contributed by atoms with Gasteiger partial charge in [0, 0.05) is 6.61 Å². The van der Waals surface area contributed by atoms with Crippen LogP contribution in [-0.2, 0) is 6.42 Å². The summed E-state index contributed by atoms with van der Waals surface area (Å²) in [6.07, 6.45) is 3.31. The van der Waals surface area contributed by atoms with Crippen molar-refractivity contribution < 1.29 is 10.2 Å². The van der Waals surface area contributed by atoms with Gasteiger partial charge in [-0.05, 0) is 48.3 Å². The molecular weight excluding hydrogens is 188 g/mol. The van der Waals surface area contributed by atoms with Gasteiger partial charge < -0.3 is 10.2 Å². The average Bonchev–Trinajstić information content (AvgIpc) is 3.01. The highest BCUT2D eigenvalue weighted by Crippen LogP contribution is 2.47. The third kappa shape index (κ3) is 2.32. The van der Waals surface area contributed by atoms with Crippen LogP contribution in [0.15, 0.2) is 24.3 Å². The molecule has 1 unspecified atom stereocenters. The quantitative estimate of drug-likeness (QED) is 0.793. The molecular formula is C13H18O2. The van der Waals surface area contributed by atoms with Crippen LogP contribution in [0.4, 0.5) is 0 Å². The van der Waals surface area contributed by atoms with Crippen LogP contribution in [0, 0.1) is 11.3 Å². The van der Waals surface area contributed by atoms with E-state index in [0.29, 0.717) is 11.7 Å². The molecule has 2 N–H and O–H groups in total. The Morgan fingerprint density at radius 3 is 2.67 bits per heavy atom. The molecule has 82 valence electrons. The third-order valence-electron chi connectivity index (χ3n) is 3.44. The maximum Gasteiger partial charge on any atom is 0.115 e. The van der Waals surface area contributed by atoms with Crippen LogP contribution >= 0.6 is 0 Å². The molecule has 0 saturated heterocycles. The van der Waals surface area contributed by atoms with Crippen molar-refractivity contribution in [3.63, 3.8) is 0 Å². The van der Waals surface area contributed by atoms with Crippen molar-refractivity contribution in [2.45, 2.75) is 26.2 Å². The molecule has 0 amide bonds. The molecule has 1 aliphatic rings. The smallest absolute Gasteiger partial charge is 0.115 e. The van der Waals surface area contributed by atoms with E-state index in [-0.39, 0.29) is 12.0 Å². The van der Waals surface area contributed by atoms with Crippen molar-refractivity contribution in [2.24, 2.45) is 11.3 Å². The Morgan fingerprint density at radius 1 is 1.40 bits per heavy atom. The van der Waals surface area contributed by atoms with Crippen LogP contribution in [0.3, 0.4) is 0 Å². The van der Waals surface area contributed by atoms with E-state index in [2.05, 4.69) is 6.92 Å². The van der Waals surface area contributed by atoms with Gasteiger partial charge in [-0.1, -0.05) is 19.1 Å². The Bertz CT molecular complexity index is 344. The number of phenolic OH excluding ortho intramolecular Hbond substituents is 1. The molecule has 1 atom stereocenters. The first-order chi connectivity index (χ1) is 7.14. The minimum absolute atomic E-state index is 0.00616. The Kier molecular flexibility index (Phi) is 2.70. The summed E-state index contributed by atoms with van der Waals surface area (Å²) in [5.41, 5.74) is 1.10. The molecule has 1 aromatic carbocycles. The number of rotatable bonds is 4. The number of aliphatic hydroxyl groups excluding tert-OH is 1. The number of aliphatic hydroxyl groups is 1. The summed E-state index contributed by atoms with van der Waals surface area (Å²) in [6.45, 7) is 2.36. The topological polar surface area (TPSA) is 40.5 Å². The number of aromatic hydroxyl groups is 1. The van der Waals surface area contributed by atoms with Crippen molar-refractivity contribution in [1.82, 2.24) is 0 Å². The van der Waals surface area contributed by atoms with Crippen LogP contribution in [0.5, 0.6) is 5.75 Å². The Hall–Kier alpha value is -1.02. The van der Waals surface area contributed by atoms with Crippen molar-refractivity contribution in [3.8, 4) is 5.75 Å². The van der Waals surface area contributed by atoms with Crippen LogP contribution in [-0.4, -0.2) is 16.8 Å². The fourth-order valence-corrected chi connectivity index (χ4v) is 2.24. The van der Waals surface area contributed by atoms with Gasteiger partial charge in [0.1, 0.15) is 5.75 Å². The zero-order chi connectivity index (χ0) is 10.9. The first-order valence-electron chi connectivity index (χ1n) is 5.53. The second kappa shape index (κ2) is 3.86. The second-order valence-electron chi connectivity index (χ2n) is 4.93. The molecule has 0 heterocycles. The van der Waals surface area contributed by atoms with Gasteiger partial charge in [-0.15, -0.1) is 0 Å². The highest BCUT2D eigenvalue weighted by molar-refractivity contribution is 5.28. The summed E-state index contributed by atoms with van der Waals surface area (Å²) in [5, 5.41) is 18.8. The van der Waals surface area contributed by atoms with E-state index in [9.17, 15) is 10.2 Å². The monoisotopic (exact) mass is 206 g/mol. The van der Waals surface area contributed by atoms with Gasteiger partial charge in [-0.2, -0.15) is 0 Å². The molecule has 1 aromatic rings. The summed E-state index contributed by atoms with van der Waals surface area (Å²) in [7, 11) is 0. The van der Waals surface area contributed by atoms with Gasteiger partial charge in [-0.25, -0.2) is 0 Å². The normalized spacial score (nSPS) is 19.9. The molecule has 2 nitrogen and oxygen atoms in total. The maximum absolute atomic E-state index is 9.46. The van der Waals surface area contributed by atoms with Gasteiger partial charge in [0.2, 0.25) is 0 Å². The third-order valence-corrected chi connectivity index (χ3v) is 3.44. The van der Waals surface area contributed by atoms with Crippen LogP contribution in [0.1, 0.15) is 25.3 Å². The van der Waals surface area contributed by atoms with Gasteiger partial charge in [0.25, 0.3) is 0 Å². The lowest BCUT2D eigenvalue weighted by Crippen LogP contribution is -2.26. The first kappa shape index (κ1) is 10.5. The molecule has 0 spiro atoms. The molecule has 0 radical (unpaired) electrons. The minimum Gasteiger partial charge on any atom is -0.508 e. The SMILES string of the molecule is CC(CO)(Cc1cccc(O)c1)C1CC1. The van der Waals surface area contributed by atoms with E-state index in [1.165, 1.54) is 12.8 Å². The van der Waals surface area contributed by atoms with E-state index in [1.807, 2.05) is 12.1 Å². The zero-order valence-electron chi connectivity index (χ0n) is 9.11. The van der Waals surface area contributed by atoms with E-state index in [4.69, 9.17) is 0 Å². The van der Waals surface area contributed by atoms with Crippen LogP contribution in [0.2, 0.25) is 0 Å². The molecule has 1 fully saturated rings. The highest BCUT2D eigenvalue weighted by Gasteiger charge is 2.40. The summed E-state index contributed by atoms with van der Waals surface area (Å²) in [4.78, 5) is 0. The lowest BCUT2D eigenvalue weighted by atomic mass is 9.80. The predicted molar refractivity (Wildman–Crippen MR) is 59.7 cm³/mol. The van der Waals surface area contributed by atoms with Crippen LogP contribution < -0.4 is 0 Å². The number of benzene rings is 1. The van der Waals surface area contributed by atoms with E-state index in [1.54, 1.807) is 12.1 Å².